The molecule has 0 spiro atoms. The van der Waals surface area contributed by atoms with E-state index in [2.05, 4.69) is 15.3 Å². The van der Waals surface area contributed by atoms with Crippen LogP contribution in [0, 0.1) is 0 Å². The highest BCUT2D eigenvalue weighted by Gasteiger charge is 2.18. The van der Waals surface area contributed by atoms with E-state index < -0.39 is 15.1 Å². The summed E-state index contributed by atoms with van der Waals surface area (Å²) in [7, 11) is -3.33. The van der Waals surface area contributed by atoms with Crippen molar-refractivity contribution in [3.05, 3.63) is 72.6 Å². The Hall–Kier alpha value is -3.26. The quantitative estimate of drug-likeness (QED) is 0.637. The van der Waals surface area contributed by atoms with Gasteiger partial charge in [-0.1, -0.05) is 30.3 Å². The number of nitrogens with one attached hydrogen (secondary N) is 1. The molecule has 0 saturated heterocycles. The number of para-hydroxylation sites is 1. The van der Waals surface area contributed by atoms with Crippen LogP contribution in [0.15, 0.2) is 71.9 Å². The van der Waals surface area contributed by atoms with E-state index in [9.17, 15) is 13.2 Å². The summed E-state index contributed by atoms with van der Waals surface area (Å²) in [5.74, 6) is 0.358. The maximum atomic E-state index is 12.2. The number of nitrogens with zero attached hydrogens (tertiary/aromatic N) is 2. The molecule has 1 heterocycles. The van der Waals surface area contributed by atoms with Crippen LogP contribution in [0.25, 0.3) is 0 Å². The second kappa shape index (κ2) is 8.83. The predicted octanol–water partition coefficient (Wildman–Crippen LogP) is 3.63. The third kappa shape index (κ3) is 5.39. The van der Waals surface area contributed by atoms with Crippen molar-refractivity contribution in [2.45, 2.75) is 30.4 Å². The smallest absolute Gasteiger partial charge is 0.322 e. The fourth-order valence-corrected chi connectivity index (χ4v) is 3.55. The van der Waals surface area contributed by atoms with Gasteiger partial charge < -0.3 is 10.1 Å². The van der Waals surface area contributed by atoms with Gasteiger partial charge in [-0.15, -0.1) is 0 Å². The van der Waals surface area contributed by atoms with Gasteiger partial charge in [-0.2, -0.15) is 0 Å². The second-order valence-corrected chi connectivity index (χ2v) is 9.14. The van der Waals surface area contributed by atoms with Gasteiger partial charge in [-0.3, -0.25) is 4.79 Å². The summed E-state index contributed by atoms with van der Waals surface area (Å²) in [6, 6.07) is 15.6. The van der Waals surface area contributed by atoms with Crippen LogP contribution < -0.4 is 10.1 Å². The molecule has 0 radical (unpaired) electrons. The van der Waals surface area contributed by atoms with E-state index in [4.69, 9.17) is 4.74 Å². The molecule has 0 fully saturated rings. The lowest BCUT2D eigenvalue weighted by Crippen LogP contribution is -2.16. The lowest BCUT2D eigenvalue weighted by atomic mass is 10.1. The Bertz CT molecular complexity index is 1070. The molecule has 0 unspecified atom stereocenters. The van der Waals surface area contributed by atoms with Crippen molar-refractivity contribution >= 4 is 21.4 Å². The van der Waals surface area contributed by atoms with Crippen LogP contribution >= 0.6 is 0 Å². The van der Waals surface area contributed by atoms with E-state index in [-0.39, 0.29) is 23.2 Å². The minimum absolute atomic E-state index is 0.101. The summed E-state index contributed by atoms with van der Waals surface area (Å²) in [6.07, 6.45) is 3.02. The van der Waals surface area contributed by atoms with Gasteiger partial charge in [-0.25, -0.2) is 18.4 Å². The molecule has 0 aliphatic rings. The molecule has 1 aromatic heterocycles. The van der Waals surface area contributed by atoms with Gasteiger partial charge in [0, 0.05) is 0 Å². The van der Waals surface area contributed by atoms with Gasteiger partial charge >= 0.3 is 6.01 Å². The van der Waals surface area contributed by atoms with Crippen molar-refractivity contribution in [2.24, 2.45) is 0 Å². The van der Waals surface area contributed by atoms with E-state index in [1.165, 1.54) is 24.5 Å². The van der Waals surface area contributed by atoms with Crippen LogP contribution in [0.3, 0.4) is 0 Å². The molecule has 2 aromatic carbocycles. The van der Waals surface area contributed by atoms with Gasteiger partial charge in [-0.05, 0) is 43.7 Å². The van der Waals surface area contributed by atoms with E-state index in [0.717, 1.165) is 0 Å². The molecule has 7 nitrogen and oxygen atoms in total. The van der Waals surface area contributed by atoms with E-state index in [1.54, 1.807) is 38.1 Å². The first kappa shape index (κ1) is 20.5. The molecule has 150 valence electrons. The Morgan fingerprint density at radius 3 is 2.21 bits per heavy atom. The molecule has 1 amide bonds. The zero-order chi connectivity index (χ0) is 20.9. The fraction of sp³-hybridized carbons (Fsp3) is 0.190. The number of sulfone groups is 1. The van der Waals surface area contributed by atoms with Crippen LogP contribution in [0.5, 0.6) is 11.8 Å². The Kier molecular flexibility index (Phi) is 6.23. The summed E-state index contributed by atoms with van der Waals surface area (Å²) in [5.41, 5.74) is 1.14. The largest absolute Gasteiger partial charge is 0.424 e. The number of hydrogen-bond acceptors (Lipinski definition) is 6. The first-order valence-electron chi connectivity index (χ1n) is 9.02. The molecule has 0 aliphatic heterocycles. The number of ether oxygens (including phenoxy) is 1. The first-order chi connectivity index (χ1) is 13.8. The van der Waals surface area contributed by atoms with Crippen LogP contribution in [0.4, 0.5) is 5.69 Å². The highest BCUT2D eigenvalue weighted by Crippen LogP contribution is 2.18. The van der Waals surface area contributed by atoms with Crippen LogP contribution in [0.2, 0.25) is 0 Å². The number of carbonyl (C=O) groups excluding carboxylic acids is 1. The topological polar surface area (TPSA) is 98.2 Å². The zero-order valence-corrected chi connectivity index (χ0v) is 16.9. The number of anilines is 1. The van der Waals surface area contributed by atoms with Crippen LogP contribution in [0.1, 0.15) is 19.4 Å². The summed E-state index contributed by atoms with van der Waals surface area (Å²) in [5, 5.41) is 2.21. The zero-order valence-electron chi connectivity index (χ0n) is 16.1. The molecular formula is C21H21N3O4S. The number of hydrogen-bond donors (Lipinski definition) is 1. The van der Waals surface area contributed by atoms with Crippen LogP contribution in [-0.2, 0) is 21.1 Å². The van der Waals surface area contributed by atoms with E-state index in [1.807, 2.05) is 18.2 Å². The van der Waals surface area contributed by atoms with Gasteiger partial charge in [0.05, 0.1) is 34.6 Å². The molecular weight excluding hydrogens is 390 g/mol. The number of benzene rings is 2. The monoisotopic (exact) mass is 411 g/mol. The third-order valence-corrected chi connectivity index (χ3v) is 6.27. The maximum Gasteiger partial charge on any atom is 0.322 e. The molecule has 0 saturated carbocycles. The number of carbonyl (C=O) groups is 1. The van der Waals surface area contributed by atoms with Crippen molar-refractivity contribution in [1.82, 2.24) is 9.97 Å². The maximum absolute atomic E-state index is 12.2. The van der Waals surface area contributed by atoms with Crippen molar-refractivity contribution in [1.29, 1.82) is 0 Å². The lowest BCUT2D eigenvalue weighted by molar-refractivity contribution is -0.115. The minimum atomic E-state index is -3.33. The Labute approximate surface area is 169 Å². The normalized spacial score (nSPS) is 11.3. The fourth-order valence-electron chi connectivity index (χ4n) is 2.49. The van der Waals surface area contributed by atoms with Crippen molar-refractivity contribution in [3.8, 4) is 11.8 Å². The van der Waals surface area contributed by atoms with Gasteiger partial charge in [0.25, 0.3) is 0 Å². The van der Waals surface area contributed by atoms with E-state index >= 15 is 0 Å². The third-order valence-electron chi connectivity index (χ3n) is 4.10. The molecule has 8 heteroatoms. The predicted molar refractivity (Wildman–Crippen MR) is 110 cm³/mol. The molecule has 1 N–H and O–H groups in total. The second-order valence-electron chi connectivity index (χ2n) is 6.63. The summed E-state index contributed by atoms with van der Waals surface area (Å²) < 4.78 is 29.8. The summed E-state index contributed by atoms with van der Waals surface area (Å²) >= 11 is 0. The lowest BCUT2D eigenvalue weighted by Gasteiger charge is -2.09. The summed E-state index contributed by atoms with van der Waals surface area (Å²) in [4.78, 5) is 20.6. The molecule has 0 bridgehead atoms. The number of amides is 1. The Morgan fingerprint density at radius 1 is 1.00 bits per heavy atom. The average Bonchev–Trinajstić information content (AvgIpc) is 2.70. The highest BCUT2D eigenvalue weighted by atomic mass is 32.2. The highest BCUT2D eigenvalue weighted by molar-refractivity contribution is 7.92. The average molecular weight is 411 g/mol. The number of rotatable bonds is 7. The van der Waals surface area contributed by atoms with Gasteiger partial charge in [0.15, 0.2) is 9.84 Å². The molecule has 3 rings (SSSR count). The number of aromatic nitrogens is 2. The van der Waals surface area contributed by atoms with Crippen molar-refractivity contribution in [3.63, 3.8) is 0 Å². The first-order valence-corrected chi connectivity index (χ1v) is 10.6. The molecule has 29 heavy (non-hydrogen) atoms. The SMILES string of the molecule is CC(C)S(=O)(=O)c1ccc(CC(=O)Nc2cnc(Oc3ccccc3)nc2)cc1. The van der Waals surface area contributed by atoms with Crippen LogP contribution in [-0.4, -0.2) is 29.5 Å². The minimum Gasteiger partial charge on any atom is -0.424 e. The summed E-state index contributed by atoms with van der Waals surface area (Å²) in [6.45, 7) is 3.27. The van der Waals surface area contributed by atoms with E-state index in [0.29, 0.717) is 17.0 Å². The van der Waals surface area contributed by atoms with Gasteiger partial charge in [0.1, 0.15) is 5.75 Å². The van der Waals surface area contributed by atoms with Gasteiger partial charge in [0.2, 0.25) is 5.91 Å². The molecule has 0 atom stereocenters. The molecule has 3 aromatic rings. The molecule has 0 aliphatic carbocycles. The van der Waals surface area contributed by atoms with Crippen molar-refractivity contribution in [2.75, 3.05) is 5.32 Å². The standard InChI is InChI=1S/C21H21N3O4S/c1-15(2)29(26,27)19-10-8-16(9-11-19)12-20(25)24-17-13-22-21(23-14-17)28-18-6-4-3-5-7-18/h3-11,13-15H,12H2,1-2H3,(H,24,25). The Balaban J connectivity index is 1.58. The Morgan fingerprint density at radius 2 is 1.62 bits per heavy atom. The van der Waals surface area contributed by atoms with Crippen molar-refractivity contribution < 1.29 is 17.9 Å².